The summed E-state index contributed by atoms with van der Waals surface area (Å²) < 4.78 is 0. The summed E-state index contributed by atoms with van der Waals surface area (Å²) in [6.07, 6.45) is 8.26. The SMILES string of the molecule is Cc1ccc(C(=O)CSc2cccc(NC(=O)N3c4ccccc4SC4C=CC=CC43)c2)cc1. The first kappa shape index (κ1) is 22.6. The number of amides is 2. The van der Waals surface area contributed by atoms with E-state index in [0.29, 0.717) is 17.0 Å². The number of anilines is 2. The van der Waals surface area contributed by atoms with Gasteiger partial charge in [0.15, 0.2) is 5.78 Å². The predicted octanol–water partition coefficient (Wildman–Crippen LogP) is 6.98. The van der Waals surface area contributed by atoms with Gasteiger partial charge in [-0.15, -0.1) is 23.5 Å². The number of hydrogen-bond donors (Lipinski definition) is 1. The Bertz CT molecular complexity index is 1280. The third-order valence-electron chi connectivity index (χ3n) is 5.79. The quantitative estimate of drug-likeness (QED) is 0.314. The first-order chi connectivity index (χ1) is 16.6. The molecule has 0 radical (unpaired) electrons. The number of rotatable bonds is 5. The normalized spacial score (nSPS) is 18.2. The standard InChI is InChI=1S/C28H24N2O2S2/c1-19-13-15-20(16-14-19)25(31)18-33-22-8-6-7-21(17-22)29-28(32)30-23-9-2-4-11-26(23)34-27-12-5-3-10-24(27)30/h2-17,23,26H,18H2,1H3,(H,29,32). The van der Waals surface area contributed by atoms with Gasteiger partial charge in [-0.1, -0.05) is 72.3 Å². The van der Waals surface area contributed by atoms with E-state index in [4.69, 9.17) is 0 Å². The van der Waals surface area contributed by atoms with Gasteiger partial charge in [0.25, 0.3) is 0 Å². The highest BCUT2D eigenvalue weighted by atomic mass is 32.2. The maximum Gasteiger partial charge on any atom is 0.326 e. The van der Waals surface area contributed by atoms with Crippen LogP contribution in [0, 0.1) is 6.92 Å². The highest BCUT2D eigenvalue weighted by molar-refractivity contribution is 8.00. The number of Topliss-reactive ketones (excluding diaryl/α,β-unsaturated/α-hetero) is 1. The van der Waals surface area contributed by atoms with E-state index in [1.54, 1.807) is 11.8 Å². The summed E-state index contributed by atoms with van der Waals surface area (Å²) in [5.74, 6) is 0.433. The molecule has 2 amide bonds. The van der Waals surface area contributed by atoms with Crippen LogP contribution in [0.5, 0.6) is 0 Å². The first-order valence-corrected chi connectivity index (χ1v) is 13.0. The van der Waals surface area contributed by atoms with Crippen LogP contribution in [0.15, 0.2) is 107 Å². The fraction of sp³-hybridized carbons (Fsp3) is 0.143. The number of aryl methyl sites for hydroxylation is 1. The van der Waals surface area contributed by atoms with Crippen LogP contribution < -0.4 is 10.2 Å². The van der Waals surface area contributed by atoms with Crippen molar-refractivity contribution >= 4 is 46.7 Å². The molecule has 34 heavy (non-hydrogen) atoms. The molecule has 0 aromatic heterocycles. The Labute approximate surface area is 208 Å². The van der Waals surface area contributed by atoms with Crippen LogP contribution >= 0.6 is 23.5 Å². The number of urea groups is 1. The molecule has 6 heteroatoms. The Morgan fingerprint density at radius 3 is 2.62 bits per heavy atom. The van der Waals surface area contributed by atoms with Gasteiger partial charge in [-0.3, -0.25) is 9.69 Å². The molecule has 170 valence electrons. The lowest BCUT2D eigenvalue weighted by molar-refractivity contribution is 0.102. The van der Waals surface area contributed by atoms with E-state index >= 15 is 0 Å². The van der Waals surface area contributed by atoms with E-state index in [0.717, 1.165) is 21.0 Å². The molecule has 1 N–H and O–H groups in total. The van der Waals surface area contributed by atoms with Crippen molar-refractivity contribution in [2.75, 3.05) is 16.0 Å². The summed E-state index contributed by atoms with van der Waals surface area (Å²) in [5, 5.41) is 3.25. The summed E-state index contributed by atoms with van der Waals surface area (Å²) in [5.41, 5.74) is 3.47. The molecule has 3 aromatic rings. The fourth-order valence-electron chi connectivity index (χ4n) is 4.04. The molecule has 0 bridgehead atoms. The Balaban J connectivity index is 1.30. The second-order valence-corrected chi connectivity index (χ2v) is 10.5. The lowest BCUT2D eigenvalue weighted by Gasteiger charge is -2.40. The number of ketones is 1. The van der Waals surface area contributed by atoms with Crippen molar-refractivity contribution in [1.29, 1.82) is 0 Å². The molecule has 2 atom stereocenters. The van der Waals surface area contributed by atoms with Crippen molar-refractivity contribution in [2.24, 2.45) is 0 Å². The minimum Gasteiger partial charge on any atom is -0.307 e. The maximum absolute atomic E-state index is 13.5. The zero-order valence-electron chi connectivity index (χ0n) is 18.7. The van der Waals surface area contributed by atoms with Crippen molar-refractivity contribution < 1.29 is 9.59 Å². The molecule has 1 aliphatic carbocycles. The molecule has 0 spiro atoms. The highest BCUT2D eigenvalue weighted by Gasteiger charge is 2.36. The number of para-hydroxylation sites is 1. The monoisotopic (exact) mass is 484 g/mol. The van der Waals surface area contributed by atoms with Gasteiger partial charge in [0.05, 0.1) is 22.7 Å². The van der Waals surface area contributed by atoms with Crippen LogP contribution in [0.1, 0.15) is 15.9 Å². The summed E-state index contributed by atoms with van der Waals surface area (Å²) in [6, 6.07) is 23.1. The zero-order valence-corrected chi connectivity index (χ0v) is 20.3. The number of carbonyl (C=O) groups excluding carboxylic acids is 2. The van der Waals surface area contributed by atoms with E-state index < -0.39 is 0 Å². The molecule has 0 saturated carbocycles. The second-order valence-electron chi connectivity index (χ2n) is 8.22. The number of benzene rings is 3. The van der Waals surface area contributed by atoms with E-state index in [9.17, 15) is 9.59 Å². The number of nitrogens with zero attached hydrogens (tertiary/aromatic N) is 1. The molecule has 5 rings (SSSR count). The van der Waals surface area contributed by atoms with E-state index in [1.165, 1.54) is 11.8 Å². The smallest absolute Gasteiger partial charge is 0.307 e. The molecule has 1 aliphatic heterocycles. The summed E-state index contributed by atoms with van der Waals surface area (Å²) in [4.78, 5) is 29.9. The van der Waals surface area contributed by atoms with Gasteiger partial charge < -0.3 is 5.32 Å². The third-order valence-corrected chi connectivity index (χ3v) is 8.09. The lowest BCUT2D eigenvalue weighted by atomic mass is 10.1. The van der Waals surface area contributed by atoms with Gasteiger partial charge in [-0.05, 0) is 37.3 Å². The number of nitrogens with one attached hydrogen (secondary N) is 1. The molecule has 4 nitrogen and oxygen atoms in total. The van der Waals surface area contributed by atoms with Crippen molar-refractivity contribution in [3.63, 3.8) is 0 Å². The van der Waals surface area contributed by atoms with Crippen LogP contribution in [0.25, 0.3) is 0 Å². The molecule has 0 saturated heterocycles. The minimum atomic E-state index is -0.166. The van der Waals surface area contributed by atoms with E-state index in [-0.39, 0.29) is 23.1 Å². The molecule has 2 unspecified atom stereocenters. The van der Waals surface area contributed by atoms with Crippen LogP contribution in [0.3, 0.4) is 0 Å². The summed E-state index contributed by atoms with van der Waals surface area (Å²) >= 11 is 3.26. The Morgan fingerprint density at radius 2 is 1.76 bits per heavy atom. The third kappa shape index (κ3) is 4.83. The predicted molar refractivity (Wildman–Crippen MR) is 142 cm³/mol. The summed E-state index contributed by atoms with van der Waals surface area (Å²) in [6.45, 7) is 2.01. The zero-order chi connectivity index (χ0) is 23.5. The first-order valence-electron chi connectivity index (χ1n) is 11.1. The van der Waals surface area contributed by atoms with Crippen LogP contribution in [-0.4, -0.2) is 28.9 Å². The number of carbonyl (C=O) groups is 2. The van der Waals surface area contributed by atoms with Crippen LogP contribution in [0.4, 0.5) is 16.2 Å². The molecule has 2 aliphatic rings. The van der Waals surface area contributed by atoms with Gasteiger partial charge in [-0.2, -0.15) is 0 Å². The average Bonchev–Trinajstić information content (AvgIpc) is 2.86. The van der Waals surface area contributed by atoms with Gasteiger partial charge in [0.2, 0.25) is 0 Å². The van der Waals surface area contributed by atoms with Crippen LogP contribution in [0.2, 0.25) is 0 Å². The Kier molecular flexibility index (Phi) is 6.61. The molecular weight excluding hydrogens is 460 g/mol. The molecule has 3 aromatic carbocycles. The molecular formula is C28H24N2O2S2. The topological polar surface area (TPSA) is 49.4 Å². The van der Waals surface area contributed by atoms with Crippen molar-refractivity contribution in [3.05, 3.63) is 108 Å². The Morgan fingerprint density at radius 1 is 0.971 bits per heavy atom. The van der Waals surface area contributed by atoms with Gasteiger partial charge in [-0.25, -0.2) is 4.79 Å². The number of thioether (sulfide) groups is 2. The largest absolute Gasteiger partial charge is 0.326 e. The van der Waals surface area contributed by atoms with E-state index in [1.807, 2.05) is 90.7 Å². The maximum atomic E-state index is 13.5. The van der Waals surface area contributed by atoms with Gasteiger partial charge in [0, 0.05) is 21.0 Å². The Hall–Kier alpha value is -3.22. The molecule has 1 heterocycles. The second kappa shape index (κ2) is 9.95. The number of allylic oxidation sites excluding steroid dienone is 2. The highest BCUT2D eigenvalue weighted by Crippen LogP contribution is 2.43. The van der Waals surface area contributed by atoms with E-state index in [2.05, 4.69) is 23.5 Å². The molecule has 0 fully saturated rings. The fourth-order valence-corrected chi connectivity index (χ4v) is 6.15. The van der Waals surface area contributed by atoms with Crippen LogP contribution in [-0.2, 0) is 0 Å². The van der Waals surface area contributed by atoms with Gasteiger partial charge >= 0.3 is 6.03 Å². The minimum absolute atomic E-state index is 0.0467. The van der Waals surface area contributed by atoms with Gasteiger partial charge in [0.1, 0.15) is 0 Å². The van der Waals surface area contributed by atoms with Crippen molar-refractivity contribution in [2.45, 2.75) is 28.0 Å². The number of fused-ring (bicyclic) bond motifs is 2. The van der Waals surface area contributed by atoms with Crippen molar-refractivity contribution in [3.8, 4) is 0 Å². The lowest BCUT2D eigenvalue weighted by Crippen LogP contribution is -2.49. The average molecular weight is 485 g/mol. The number of hydrogen-bond acceptors (Lipinski definition) is 4. The van der Waals surface area contributed by atoms with Crippen molar-refractivity contribution in [1.82, 2.24) is 0 Å². The summed E-state index contributed by atoms with van der Waals surface area (Å²) in [7, 11) is 0.